The monoisotopic (exact) mass is 331 g/mol. The van der Waals surface area contributed by atoms with Crippen LogP contribution in [0.3, 0.4) is 0 Å². The molecule has 0 bridgehead atoms. The fourth-order valence-corrected chi connectivity index (χ4v) is 3.19. The molecule has 0 amide bonds. The molecule has 0 aromatic heterocycles. The van der Waals surface area contributed by atoms with Crippen molar-refractivity contribution in [2.24, 2.45) is 0 Å². The van der Waals surface area contributed by atoms with Crippen molar-refractivity contribution in [2.45, 2.75) is 25.9 Å². The molecule has 1 unspecified atom stereocenters. The van der Waals surface area contributed by atoms with Crippen molar-refractivity contribution in [1.82, 2.24) is 5.32 Å². The van der Waals surface area contributed by atoms with Crippen LogP contribution in [0.4, 0.5) is 0 Å². The normalized spacial score (nSPS) is 12.6. The molecule has 4 nitrogen and oxygen atoms in total. The quantitative estimate of drug-likeness (QED) is 0.841. The topological polar surface area (TPSA) is 50.7 Å². The summed E-state index contributed by atoms with van der Waals surface area (Å²) in [5.74, 6) is 1.53. The van der Waals surface area contributed by atoms with E-state index in [2.05, 4.69) is 35.1 Å². The highest BCUT2D eigenvalue weighted by molar-refractivity contribution is 9.10. The fraction of sp³-hybridized carbons (Fsp3) is 0.571. The molecule has 0 aliphatic carbocycles. The predicted molar refractivity (Wildman–Crippen MR) is 80.2 cm³/mol. The summed E-state index contributed by atoms with van der Waals surface area (Å²) < 4.78 is 11.6. The van der Waals surface area contributed by atoms with Crippen LogP contribution in [0.15, 0.2) is 10.5 Å². The van der Waals surface area contributed by atoms with Gasteiger partial charge in [0.15, 0.2) is 11.5 Å². The molecule has 0 spiro atoms. The summed E-state index contributed by atoms with van der Waals surface area (Å²) in [6.45, 7) is 4.66. The molecule has 1 atom stereocenters. The Kier molecular flexibility index (Phi) is 6.10. The number of benzene rings is 1. The van der Waals surface area contributed by atoms with Gasteiger partial charge in [-0.1, -0.05) is 13.8 Å². The summed E-state index contributed by atoms with van der Waals surface area (Å²) in [6.07, 6.45) is -0.585. The number of nitrogens with one attached hydrogen (secondary N) is 1. The van der Waals surface area contributed by atoms with Crippen molar-refractivity contribution in [3.63, 3.8) is 0 Å². The van der Waals surface area contributed by atoms with E-state index in [4.69, 9.17) is 9.47 Å². The molecule has 0 saturated heterocycles. The van der Waals surface area contributed by atoms with Gasteiger partial charge in [0, 0.05) is 6.54 Å². The molecule has 5 heteroatoms. The Morgan fingerprint density at radius 3 is 2.37 bits per heavy atom. The minimum absolute atomic E-state index is 0.260. The number of aliphatic hydroxyl groups is 1. The first-order valence-corrected chi connectivity index (χ1v) is 7.04. The summed E-state index contributed by atoms with van der Waals surface area (Å²) in [5.41, 5.74) is 1.90. The van der Waals surface area contributed by atoms with Gasteiger partial charge in [-0.15, -0.1) is 0 Å². The molecule has 0 saturated carbocycles. The van der Waals surface area contributed by atoms with Gasteiger partial charge in [0.05, 0.1) is 24.8 Å². The van der Waals surface area contributed by atoms with Crippen LogP contribution in [0.1, 0.15) is 37.0 Å². The second-order valence-corrected chi connectivity index (χ2v) is 5.45. The summed E-state index contributed by atoms with van der Waals surface area (Å²) in [7, 11) is 5.01. The molecule has 108 valence electrons. The zero-order valence-electron chi connectivity index (χ0n) is 12.1. The zero-order valence-corrected chi connectivity index (χ0v) is 13.7. The molecule has 0 aliphatic heterocycles. The first kappa shape index (κ1) is 16.3. The number of methoxy groups -OCH3 is 2. The lowest BCUT2D eigenvalue weighted by Crippen LogP contribution is -2.18. The Bertz CT molecular complexity index is 435. The molecular weight excluding hydrogens is 310 g/mol. The van der Waals surface area contributed by atoms with Gasteiger partial charge >= 0.3 is 0 Å². The maximum atomic E-state index is 10.3. The van der Waals surface area contributed by atoms with Crippen molar-refractivity contribution in [2.75, 3.05) is 27.8 Å². The Morgan fingerprint density at radius 1 is 1.32 bits per heavy atom. The number of halogens is 1. The van der Waals surface area contributed by atoms with Gasteiger partial charge in [-0.25, -0.2) is 0 Å². The largest absolute Gasteiger partial charge is 0.493 e. The lowest BCUT2D eigenvalue weighted by molar-refractivity contribution is 0.175. The van der Waals surface area contributed by atoms with E-state index in [1.807, 2.05) is 13.1 Å². The van der Waals surface area contributed by atoms with Gasteiger partial charge in [0.25, 0.3) is 0 Å². The van der Waals surface area contributed by atoms with Crippen LogP contribution in [0, 0.1) is 0 Å². The van der Waals surface area contributed by atoms with E-state index in [0.717, 1.165) is 15.6 Å². The van der Waals surface area contributed by atoms with Crippen LogP contribution in [0.2, 0.25) is 0 Å². The Labute approximate surface area is 123 Å². The molecule has 0 radical (unpaired) electrons. The molecule has 1 aromatic carbocycles. The smallest absolute Gasteiger partial charge is 0.175 e. The molecule has 1 aromatic rings. The van der Waals surface area contributed by atoms with Gasteiger partial charge in [-0.2, -0.15) is 0 Å². The lowest BCUT2D eigenvalue weighted by Gasteiger charge is -2.22. The van der Waals surface area contributed by atoms with E-state index in [1.165, 1.54) is 0 Å². The van der Waals surface area contributed by atoms with E-state index >= 15 is 0 Å². The van der Waals surface area contributed by atoms with Gasteiger partial charge in [0.2, 0.25) is 0 Å². The number of likely N-dealkylation sites (N-methyl/N-ethyl adjacent to an activating group) is 1. The lowest BCUT2D eigenvalue weighted by atomic mass is 9.93. The highest BCUT2D eigenvalue weighted by atomic mass is 79.9. The van der Waals surface area contributed by atoms with Crippen LogP contribution in [-0.2, 0) is 0 Å². The molecule has 2 N–H and O–H groups in total. The van der Waals surface area contributed by atoms with Crippen LogP contribution >= 0.6 is 15.9 Å². The van der Waals surface area contributed by atoms with Crippen molar-refractivity contribution >= 4 is 15.9 Å². The van der Waals surface area contributed by atoms with Crippen molar-refractivity contribution in [1.29, 1.82) is 0 Å². The minimum Gasteiger partial charge on any atom is -0.493 e. The zero-order chi connectivity index (χ0) is 14.6. The first-order chi connectivity index (χ1) is 8.97. The predicted octanol–water partition coefficient (Wildman–Crippen LogP) is 2.84. The summed E-state index contributed by atoms with van der Waals surface area (Å²) >= 11 is 3.57. The highest BCUT2D eigenvalue weighted by Gasteiger charge is 2.23. The molecular formula is C14H22BrNO3. The SMILES string of the molecule is CNCC(O)c1cc(OC)c(OC)c(Br)c1C(C)C. The summed E-state index contributed by atoms with van der Waals surface area (Å²) in [5, 5.41) is 13.3. The van der Waals surface area contributed by atoms with Gasteiger partial charge in [0.1, 0.15) is 0 Å². The van der Waals surface area contributed by atoms with Crippen LogP contribution in [0.5, 0.6) is 11.5 Å². The van der Waals surface area contributed by atoms with E-state index in [1.54, 1.807) is 14.2 Å². The number of rotatable bonds is 6. The van der Waals surface area contributed by atoms with Gasteiger partial charge in [-0.3, -0.25) is 0 Å². The fourth-order valence-electron chi connectivity index (χ4n) is 2.15. The van der Waals surface area contributed by atoms with Crippen molar-refractivity contribution in [3.8, 4) is 11.5 Å². The second-order valence-electron chi connectivity index (χ2n) is 4.66. The Morgan fingerprint density at radius 2 is 1.95 bits per heavy atom. The van der Waals surface area contributed by atoms with E-state index in [9.17, 15) is 5.11 Å². The standard InChI is InChI=1S/C14H22BrNO3/c1-8(2)12-9(10(17)7-16-3)6-11(18-4)14(19-5)13(12)15/h6,8,10,16-17H,7H2,1-5H3. The Hall–Kier alpha value is -0.780. The van der Waals surface area contributed by atoms with Gasteiger partial charge < -0.3 is 19.9 Å². The average Bonchev–Trinajstić information content (AvgIpc) is 2.37. The first-order valence-electron chi connectivity index (χ1n) is 6.24. The summed E-state index contributed by atoms with van der Waals surface area (Å²) in [4.78, 5) is 0. The van der Waals surface area contributed by atoms with E-state index in [-0.39, 0.29) is 5.92 Å². The summed E-state index contributed by atoms with van der Waals surface area (Å²) in [6, 6.07) is 1.85. The minimum atomic E-state index is -0.585. The average molecular weight is 332 g/mol. The second kappa shape index (κ2) is 7.12. The van der Waals surface area contributed by atoms with Crippen molar-refractivity contribution < 1.29 is 14.6 Å². The number of hydrogen-bond donors (Lipinski definition) is 2. The highest BCUT2D eigenvalue weighted by Crippen LogP contribution is 2.44. The number of ether oxygens (including phenoxy) is 2. The van der Waals surface area contributed by atoms with E-state index < -0.39 is 6.10 Å². The number of hydrogen-bond acceptors (Lipinski definition) is 4. The third-order valence-corrected chi connectivity index (χ3v) is 3.80. The number of aliphatic hydroxyl groups excluding tert-OH is 1. The maximum Gasteiger partial charge on any atom is 0.175 e. The van der Waals surface area contributed by atoms with Crippen LogP contribution in [0.25, 0.3) is 0 Å². The molecule has 0 heterocycles. The molecule has 1 rings (SSSR count). The molecule has 19 heavy (non-hydrogen) atoms. The van der Waals surface area contributed by atoms with E-state index in [0.29, 0.717) is 18.0 Å². The van der Waals surface area contributed by atoms with Crippen LogP contribution in [-0.4, -0.2) is 32.9 Å². The van der Waals surface area contributed by atoms with Gasteiger partial charge in [-0.05, 0) is 46.1 Å². The van der Waals surface area contributed by atoms with Crippen LogP contribution < -0.4 is 14.8 Å². The Balaban J connectivity index is 3.47. The third-order valence-electron chi connectivity index (χ3n) is 3.02. The maximum absolute atomic E-state index is 10.3. The van der Waals surface area contributed by atoms with Crippen molar-refractivity contribution in [3.05, 3.63) is 21.7 Å². The molecule has 0 fully saturated rings. The molecule has 0 aliphatic rings. The third kappa shape index (κ3) is 3.41.